The van der Waals surface area contributed by atoms with Gasteiger partial charge in [0.25, 0.3) is 0 Å². The van der Waals surface area contributed by atoms with E-state index in [0.717, 1.165) is 27.7 Å². The number of rotatable bonds is 7. The molecule has 4 rings (SSSR count). The van der Waals surface area contributed by atoms with Crippen LogP contribution in [0, 0.1) is 0 Å². The molecule has 29 heavy (non-hydrogen) atoms. The van der Waals surface area contributed by atoms with Gasteiger partial charge in [0.1, 0.15) is 0 Å². The fraction of sp³-hybridized carbons (Fsp3) is 0.182. The first kappa shape index (κ1) is 19.0. The van der Waals surface area contributed by atoms with Gasteiger partial charge in [-0.05, 0) is 30.2 Å². The molecule has 0 bridgehead atoms. The van der Waals surface area contributed by atoms with Crippen LogP contribution in [0.5, 0.6) is 11.5 Å². The number of amides is 1. The lowest BCUT2D eigenvalue weighted by Crippen LogP contribution is -2.12. The molecule has 6 nitrogen and oxygen atoms in total. The van der Waals surface area contributed by atoms with Crippen molar-refractivity contribution in [1.82, 2.24) is 9.97 Å². The monoisotopic (exact) mass is 407 g/mol. The zero-order chi connectivity index (χ0) is 20.2. The number of carbonyl (C=O) groups excluding carboxylic acids is 1. The number of ether oxygens (including phenoxy) is 2. The summed E-state index contributed by atoms with van der Waals surface area (Å²) in [7, 11) is 3.20. The summed E-state index contributed by atoms with van der Waals surface area (Å²) >= 11 is 1.42. The second-order valence-electron chi connectivity index (χ2n) is 6.52. The number of thiazole rings is 1. The smallest absolute Gasteiger partial charge is 0.226 e. The van der Waals surface area contributed by atoms with Crippen molar-refractivity contribution in [3.05, 3.63) is 59.6 Å². The molecular weight excluding hydrogens is 386 g/mol. The fourth-order valence-electron chi connectivity index (χ4n) is 3.21. The van der Waals surface area contributed by atoms with Crippen LogP contribution in [0.2, 0.25) is 0 Å². The number of hydrogen-bond donors (Lipinski definition) is 2. The largest absolute Gasteiger partial charge is 0.493 e. The zero-order valence-corrected chi connectivity index (χ0v) is 17.0. The number of nitrogens with zero attached hydrogens (tertiary/aromatic N) is 1. The third-order valence-electron chi connectivity index (χ3n) is 4.70. The second kappa shape index (κ2) is 8.36. The van der Waals surface area contributed by atoms with Gasteiger partial charge < -0.3 is 19.8 Å². The molecule has 0 aliphatic carbocycles. The summed E-state index contributed by atoms with van der Waals surface area (Å²) in [5, 5.41) is 6.57. The fourth-order valence-corrected chi connectivity index (χ4v) is 3.94. The van der Waals surface area contributed by atoms with Crippen LogP contribution in [0.1, 0.15) is 12.0 Å². The zero-order valence-electron chi connectivity index (χ0n) is 16.2. The van der Waals surface area contributed by atoms with Crippen LogP contribution in [0.25, 0.3) is 22.2 Å². The van der Waals surface area contributed by atoms with Crippen molar-refractivity contribution >= 4 is 33.3 Å². The number of anilines is 1. The Labute approximate surface area is 172 Å². The van der Waals surface area contributed by atoms with Gasteiger partial charge in [0.05, 0.1) is 19.9 Å². The van der Waals surface area contributed by atoms with Crippen molar-refractivity contribution in [2.45, 2.75) is 12.8 Å². The lowest BCUT2D eigenvalue weighted by Gasteiger charge is -2.09. The molecule has 0 atom stereocenters. The van der Waals surface area contributed by atoms with Gasteiger partial charge >= 0.3 is 0 Å². The highest BCUT2D eigenvalue weighted by molar-refractivity contribution is 7.14. The van der Waals surface area contributed by atoms with E-state index in [1.54, 1.807) is 14.2 Å². The van der Waals surface area contributed by atoms with Gasteiger partial charge in [-0.1, -0.05) is 24.3 Å². The van der Waals surface area contributed by atoms with E-state index >= 15 is 0 Å². The lowest BCUT2D eigenvalue weighted by atomic mass is 10.1. The Balaban J connectivity index is 1.40. The van der Waals surface area contributed by atoms with Crippen molar-refractivity contribution in [3.8, 4) is 22.8 Å². The quantitative estimate of drug-likeness (QED) is 0.458. The van der Waals surface area contributed by atoms with Gasteiger partial charge in [-0.3, -0.25) is 4.79 Å². The average Bonchev–Trinajstić information content (AvgIpc) is 3.38. The number of aryl methyl sites for hydroxylation is 1. The van der Waals surface area contributed by atoms with Gasteiger partial charge in [0, 0.05) is 34.5 Å². The Bertz CT molecular complexity index is 1150. The van der Waals surface area contributed by atoms with E-state index < -0.39 is 0 Å². The molecule has 2 heterocycles. The molecule has 4 aromatic rings. The molecule has 0 saturated carbocycles. The third-order valence-corrected chi connectivity index (χ3v) is 5.46. The second-order valence-corrected chi connectivity index (χ2v) is 7.38. The Morgan fingerprint density at radius 3 is 2.79 bits per heavy atom. The topological polar surface area (TPSA) is 76.2 Å². The number of para-hydroxylation sites is 1. The number of carbonyl (C=O) groups is 1. The van der Waals surface area contributed by atoms with E-state index in [0.29, 0.717) is 29.5 Å². The van der Waals surface area contributed by atoms with Gasteiger partial charge in [-0.15, -0.1) is 11.3 Å². The highest BCUT2D eigenvalue weighted by atomic mass is 32.1. The van der Waals surface area contributed by atoms with Gasteiger partial charge in [0.2, 0.25) is 5.91 Å². The predicted molar refractivity (Wildman–Crippen MR) is 116 cm³/mol. The number of benzene rings is 2. The number of methoxy groups -OCH3 is 2. The third kappa shape index (κ3) is 4.09. The highest BCUT2D eigenvalue weighted by Crippen LogP contribution is 2.31. The summed E-state index contributed by atoms with van der Waals surface area (Å²) in [5.41, 5.74) is 3.96. The van der Waals surface area contributed by atoms with Gasteiger partial charge in [0.15, 0.2) is 16.6 Å². The maximum absolute atomic E-state index is 12.4. The van der Waals surface area contributed by atoms with Crippen LogP contribution in [-0.2, 0) is 11.2 Å². The number of hydrogen-bond acceptors (Lipinski definition) is 5. The minimum Gasteiger partial charge on any atom is -0.493 e. The number of aromatic amines is 1. The number of nitrogens with one attached hydrogen (secondary N) is 2. The van der Waals surface area contributed by atoms with E-state index in [2.05, 4.69) is 21.4 Å². The molecule has 2 aromatic carbocycles. The molecule has 2 aromatic heterocycles. The van der Waals surface area contributed by atoms with Crippen molar-refractivity contribution in [2.75, 3.05) is 19.5 Å². The number of H-pyrrole nitrogens is 1. The van der Waals surface area contributed by atoms with Crippen LogP contribution in [0.15, 0.2) is 54.0 Å². The van der Waals surface area contributed by atoms with E-state index in [1.165, 1.54) is 11.3 Å². The summed E-state index contributed by atoms with van der Waals surface area (Å²) in [4.78, 5) is 20.2. The summed E-state index contributed by atoms with van der Waals surface area (Å²) in [6.45, 7) is 0. The first-order valence-corrected chi connectivity index (χ1v) is 10.1. The molecule has 0 fully saturated rings. The minimum absolute atomic E-state index is 0.0698. The van der Waals surface area contributed by atoms with Crippen LogP contribution in [0.4, 0.5) is 5.13 Å². The minimum atomic E-state index is -0.0698. The van der Waals surface area contributed by atoms with Crippen molar-refractivity contribution in [1.29, 1.82) is 0 Å². The molecule has 148 valence electrons. The molecule has 0 aliphatic heterocycles. The lowest BCUT2D eigenvalue weighted by molar-refractivity contribution is -0.116. The van der Waals surface area contributed by atoms with Crippen molar-refractivity contribution in [3.63, 3.8) is 0 Å². The first-order chi connectivity index (χ1) is 14.2. The maximum Gasteiger partial charge on any atom is 0.226 e. The van der Waals surface area contributed by atoms with E-state index in [1.807, 2.05) is 48.0 Å². The maximum atomic E-state index is 12.4. The van der Waals surface area contributed by atoms with Crippen LogP contribution in [-0.4, -0.2) is 30.1 Å². The molecule has 0 saturated heterocycles. The number of aromatic nitrogens is 2. The normalized spacial score (nSPS) is 10.8. The molecule has 0 spiro atoms. The Kier molecular flexibility index (Phi) is 5.48. The molecule has 0 aliphatic rings. The molecule has 1 amide bonds. The summed E-state index contributed by atoms with van der Waals surface area (Å²) in [6.07, 6.45) is 2.91. The molecule has 2 N–H and O–H groups in total. The predicted octanol–water partition coefficient (Wildman–Crippen LogP) is 4.88. The SMILES string of the molecule is COc1ccc(CCC(=O)Nc2nc(-c3c[nH]c4ccccc34)cs2)cc1OC. The molecule has 0 radical (unpaired) electrons. The van der Waals surface area contributed by atoms with Crippen molar-refractivity contribution in [2.24, 2.45) is 0 Å². The summed E-state index contributed by atoms with van der Waals surface area (Å²) in [6, 6.07) is 13.8. The van der Waals surface area contributed by atoms with E-state index in [4.69, 9.17) is 9.47 Å². The number of fused-ring (bicyclic) bond motifs is 1. The van der Waals surface area contributed by atoms with E-state index in [9.17, 15) is 4.79 Å². The van der Waals surface area contributed by atoms with Gasteiger partial charge in [-0.2, -0.15) is 0 Å². The molecule has 0 unspecified atom stereocenters. The van der Waals surface area contributed by atoms with Crippen LogP contribution >= 0.6 is 11.3 Å². The summed E-state index contributed by atoms with van der Waals surface area (Å²) < 4.78 is 10.6. The van der Waals surface area contributed by atoms with E-state index in [-0.39, 0.29) is 5.91 Å². The first-order valence-electron chi connectivity index (χ1n) is 9.20. The Hall–Kier alpha value is -3.32. The highest BCUT2D eigenvalue weighted by Gasteiger charge is 2.12. The average molecular weight is 407 g/mol. The standard InChI is InChI=1S/C22H21N3O3S/c1-27-19-9-7-14(11-20(19)28-2)8-10-21(26)25-22-24-18(13-29-22)16-12-23-17-6-4-3-5-15(16)17/h3-7,9,11-13,23H,8,10H2,1-2H3,(H,24,25,26). The van der Waals surface area contributed by atoms with Gasteiger partial charge in [-0.25, -0.2) is 4.98 Å². The van der Waals surface area contributed by atoms with Crippen LogP contribution in [0.3, 0.4) is 0 Å². The van der Waals surface area contributed by atoms with Crippen LogP contribution < -0.4 is 14.8 Å². The summed E-state index contributed by atoms with van der Waals surface area (Å²) in [5.74, 6) is 1.27. The Morgan fingerprint density at radius 1 is 1.14 bits per heavy atom. The molecule has 7 heteroatoms. The Morgan fingerprint density at radius 2 is 1.97 bits per heavy atom. The van der Waals surface area contributed by atoms with Crippen molar-refractivity contribution < 1.29 is 14.3 Å². The molecular formula is C22H21N3O3S.